The summed E-state index contributed by atoms with van der Waals surface area (Å²) in [5.41, 5.74) is 3.01. The van der Waals surface area contributed by atoms with Crippen LogP contribution in [0.1, 0.15) is 80.5 Å². The van der Waals surface area contributed by atoms with Crippen LogP contribution in [0.4, 0.5) is 0 Å². The fraction of sp³-hybridized carbons (Fsp3) is 0.562. The van der Waals surface area contributed by atoms with Gasteiger partial charge in [-0.15, -0.1) is 11.8 Å². The normalized spacial score (nSPS) is 18.0. The molecule has 6 nitrogen and oxygen atoms in total. The number of fused-ring (bicyclic) bond motifs is 1. The third-order valence-corrected chi connectivity index (χ3v) is 9.25. The van der Waals surface area contributed by atoms with E-state index in [-0.39, 0.29) is 21.7 Å². The Morgan fingerprint density at radius 2 is 1.57 bits per heavy atom. The summed E-state index contributed by atoms with van der Waals surface area (Å²) in [4.78, 5) is 1.13. The van der Waals surface area contributed by atoms with E-state index in [2.05, 4.69) is 77.3 Å². The first-order valence-corrected chi connectivity index (χ1v) is 15.0. The second kappa shape index (κ2) is 11.0. The highest BCUT2D eigenvalue weighted by atomic mass is 32.2. The lowest BCUT2D eigenvalue weighted by Gasteiger charge is -2.32. The monoisotopic (exact) mass is 567 g/mol. The van der Waals surface area contributed by atoms with Crippen LogP contribution in [-0.4, -0.2) is 50.7 Å². The maximum absolute atomic E-state index is 10.9. The van der Waals surface area contributed by atoms with Crippen LogP contribution in [0.3, 0.4) is 0 Å². The van der Waals surface area contributed by atoms with Gasteiger partial charge in [-0.05, 0) is 70.3 Å². The number of hydrogen-bond acceptors (Lipinski definition) is 6. The average molecular weight is 568 g/mol. The number of benzene rings is 2. The number of aliphatic hydroxyl groups excluding tert-OH is 1. The first-order valence-electron chi connectivity index (χ1n) is 14.2. The van der Waals surface area contributed by atoms with Gasteiger partial charge in [-0.25, -0.2) is 0 Å². The van der Waals surface area contributed by atoms with Crippen molar-refractivity contribution in [1.29, 1.82) is 0 Å². The Kier molecular flexibility index (Phi) is 8.54. The van der Waals surface area contributed by atoms with Gasteiger partial charge in [0.25, 0.3) is 0 Å². The fourth-order valence-corrected chi connectivity index (χ4v) is 6.17. The van der Waals surface area contributed by atoms with Crippen LogP contribution in [0.15, 0.2) is 47.4 Å². The van der Waals surface area contributed by atoms with Crippen LogP contribution >= 0.6 is 11.8 Å². The maximum atomic E-state index is 10.9. The zero-order chi connectivity index (χ0) is 29.7. The number of aromatic hydroxyl groups is 1. The molecule has 0 radical (unpaired) electrons. The van der Waals surface area contributed by atoms with E-state index in [0.717, 1.165) is 32.5 Å². The first-order chi connectivity index (χ1) is 18.4. The van der Waals surface area contributed by atoms with Crippen LogP contribution < -0.4 is 5.46 Å². The number of phenols is 1. The Morgan fingerprint density at radius 1 is 0.975 bits per heavy atom. The van der Waals surface area contributed by atoms with Crippen molar-refractivity contribution >= 4 is 35.2 Å². The summed E-state index contributed by atoms with van der Waals surface area (Å²) in [6, 6.07) is 14.0. The largest absolute Gasteiger partial charge is 0.508 e. The van der Waals surface area contributed by atoms with Crippen LogP contribution in [0.2, 0.25) is 0 Å². The summed E-state index contributed by atoms with van der Waals surface area (Å²) in [5, 5.41) is 22.3. The van der Waals surface area contributed by atoms with Crippen LogP contribution in [0, 0.1) is 5.41 Å². The summed E-state index contributed by atoms with van der Waals surface area (Å²) < 4.78 is 20.4. The van der Waals surface area contributed by atoms with E-state index in [1.54, 1.807) is 17.8 Å². The highest BCUT2D eigenvalue weighted by Crippen LogP contribution is 2.44. The van der Waals surface area contributed by atoms with E-state index >= 15 is 0 Å². The molecule has 1 aromatic heterocycles. The minimum absolute atomic E-state index is 0.0491. The number of phenolic OH excluding ortho intramolecular Hbond substituents is 1. The van der Waals surface area contributed by atoms with Gasteiger partial charge in [0.1, 0.15) is 5.75 Å². The second-order valence-corrected chi connectivity index (χ2v) is 15.4. The van der Waals surface area contributed by atoms with Gasteiger partial charge in [0.05, 0.1) is 11.2 Å². The third kappa shape index (κ3) is 6.42. The van der Waals surface area contributed by atoms with E-state index in [0.29, 0.717) is 19.6 Å². The molecule has 0 saturated carbocycles. The number of thioether (sulfide) groups is 1. The molecule has 2 N–H and O–H groups in total. The predicted molar refractivity (Wildman–Crippen MR) is 166 cm³/mol. The molecule has 8 heteroatoms. The van der Waals surface area contributed by atoms with Crippen LogP contribution in [0.25, 0.3) is 10.9 Å². The molecule has 0 aliphatic carbocycles. The molecule has 218 valence electrons. The molecule has 1 atom stereocenters. The van der Waals surface area contributed by atoms with Crippen molar-refractivity contribution in [3.8, 4) is 5.75 Å². The highest BCUT2D eigenvalue weighted by Gasteiger charge is 2.51. The summed E-state index contributed by atoms with van der Waals surface area (Å²) in [6.07, 6.45) is -0.294. The van der Waals surface area contributed by atoms with Gasteiger partial charge >= 0.3 is 7.12 Å². The molecule has 1 fully saturated rings. The van der Waals surface area contributed by atoms with Crippen LogP contribution in [-0.2, 0) is 27.0 Å². The molecule has 0 spiro atoms. The predicted octanol–water partition coefficient (Wildman–Crippen LogP) is 6.51. The summed E-state index contributed by atoms with van der Waals surface area (Å²) >= 11 is 1.79. The highest BCUT2D eigenvalue weighted by molar-refractivity contribution is 8.00. The molecule has 1 saturated heterocycles. The lowest BCUT2D eigenvalue weighted by Crippen LogP contribution is -2.41. The van der Waals surface area contributed by atoms with Gasteiger partial charge < -0.3 is 28.8 Å². The van der Waals surface area contributed by atoms with Gasteiger partial charge in [-0.3, -0.25) is 0 Å². The van der Waals surface area contributed by atoms with Crippen molar-refractivity contribution in [2.45, 2.75) is 109 Å². The fourth-order valence-electron chi connectivity index (χ4n) is 4.99. The van der Waals surface area contributed by atoms with Gasteiger partial charge in [0, 0.05) is 44.8 Å². The Morgan fingerprint density at radius 3 is 2.12 bits per heavy atom. The van der Waals surface area contributed by atoms with Crippen LogP contribution in [0.5, 0.6) is 5.75 Å². The summed E-state index contributed by atoms with van der Waals surface area (Å²) in [5.74, 6) is 0.243. The quantitative estimate of drug-likeness (QED) is 0.175. The van der Waals surface area contributed by atoms with E-state index in [4.69, 9.17) is 14.0 Å². The Hall–Kier alpha value is -1.97. The molecule has 1 aliphatic heterocycles. The Balaban J connectivity index is 1.76. The molecule has 3 aromatic rings. The Bertz CT molecular complexity index is 1320. The van der Waals surface area contributed by atoms with Gasteiger partial charge in [0.2, 0.25) is 0 Å². The van der Waals surface area contributed by atoms with Crippen molar-refractivity contribution in [2.75, 3.05) is 6.61 Å². The van der Waals surface area contributed by atoms with Crippen molar-refractivity contribution < 1.29 is 24.3 Å². The SMILES string of the molecule is CCOC(O)C(C)(C)Cc1c(SC(C)(C)C)c2cc(O)ccc2n1Cc1ccc(B2OC(C)(C)C(C)(C)O2)cc1. The van der Waals surface area contributed by atoms with Crippen molar-refractivity contribution in [1.82, 2.24) is 4.57 Å². The van der Waals surface area contributed by atoms with Crippen molar-refractivity contribution in [3.05, 3.63) is 53.7 Å². The number of nitrogens with zero attached hydrogens (tertiary/aromatic N) is 1. The topological polar surface area (TPSA) is 73.1 Å². The van der Waals surface area contributed by atoms with Gasteiger partial charge in [0.15, 0.2) is 6.29 Å². The lowest BCUT2D eigenvalue weighted by atomic mass is 9.79. The molecule has 1 unspecified atom stereocenters. The zero-order valence-electron chi connectivity index (χ0n) is 25.8. The lowest BCUT2D eigenvalue weighted by molar-refractivity contribution is -0.161. The molecular formula is C32H46BNO5S. The second-order valence-electron chi connectivity index (χ2n) is 13.6. The van der Waals surface area contributed by atoms with Crippen molar-refractivity contribution in [3.63, 3.8) is 0 Å². The van der Waals surface area contributed by atoms with E-state index in [1.165, 1.54) is 0 Å². The molecule has 1 aliphatic rings. The average Bonchev–Trinajstić information content (AvgIpc) is 3.21. The van der Waals surface area contributed by atoms with Crippen molar-refractivity contribution in [2.24, 2.45) is 5.41 Å². The number of aliphatic hydroxyl groups is 1. The number of rotatable bonds is 9. The third-order valence-electron chi connectivity index (χ3n) is 7.97. The number of aromatic nitrogens is 1. The molecule has 2 heterocycles. The Labute approximate surface area is 244 Å². The molecule has 2 aromatic carbocycles. The smallest absolute Gasteiger partial charge is 0.494 e. The standard InChI is InChI=1S/C32H46BNO5S/c1-11-37-28(36)30(5,6)19-26-27(40-29(2,3)4)24-18-23(35)16-17-25(24)34(26)20-21-12-14-22(15-13-21)33-38-31(7,8)32(9,10)39-33/h12-18,28,35-36H,11,19-20H2,1-10H3. The van der Waals surface area contributed by atoms with E-state index in [1.807, 2.05) is 32.9 Å². The summed E-state index contributed by atoms with van der Waals surface area (Å²) in [7, 11) is -0.402. The van der Waals surface area contributed by atoms with Gasteiger partial charge in [-0.1, -0.05) is 58.9 Å². The van der Waals surface area contributed by atoms with Gasteiger partial charge in [-0.2, -0.15) is 0 Å². The molecule has 40 heavy (non-hydrogen) atoms. The first kappa shape index (κ1) is 31.0. The zero-order valence-corrected chi connectivity index (χ0v) is 26.6. The minimum Gasteiger partial charge on any atom is -0.508 e. The number of hydrogen-bond donors (Lipinski definition) is 2. The minimum atomic E-state index is -0.899. The van der Waals surface area contributed by atoms with E-state index in [9.17, 15) is 10.2 Å². The molecule has 0 amide bonds. The molecule has 4 rings (SSSR count). The molecule has 0 bridgehead atoms. The number of ether oxygens (including phenoxy) is 1. The molecular weight excluding hydrogens is 521 g/mol. The summed E-state index contributed by atoms with van der Waals surface area (Å²) in [6.45, 7) is 21.9. The maximum Gasteiger partial charge on any atom is 0.494 e. The van der Waals surface area contributed by atoms with E-state index < -0.39 is 18.8 Å².